The first kappa shape index (κ1) is 14.9. The molecule has 1 aliphatic heterocycles. The van der Waals surface area contributed by atoms with Crippen LogP contribution in [0.15, 0.2) is 42.5 Å². The van der Waals surface area contributed by atoms with Crippen molar-refractivity contribution in [2.24, 2.45) is 0 Å². The van der Waals surface area contributed by atoms with E-state index in [0.717, 1.165) is 37.2 Å². The Morgan fingerprint density at radius 3 is 2.73 bits per heavy atom. The molecule has 0 aromatic heterocycles. The first-order valence-electron chi connectivity index (χ1n) is 7.14. The summed E-state index contributed by atoms with van der Waals surface area (Å²) in [6.07, 6.45) is -3.35. The number of halogens is 3. The Morgan fingerprint density at radius 1 is 1.05 bits per heavy atom. The summed E-state index contributed by atoms with van der Waals surface area (Å²) in [5, 5.41) is 3.30. The second-order valence-corrected chi connectivity index (χ2v) is 5.34. The molecule has 0 amide bonds. The van der Waals surface area contributed by atoms with Crippen molar-refractivity contribution in [1.29, 1.82) is 0 Å². The molecule has 0 unspecified atom stereocenters. The maximum absolute atomic E-state index is 12.7. The summed E-state index contributed by atoms with van der Waals surface area (Å²) < 4.78 is 43.5. The van der Waals surface area contributed by atoms with E-state index in [1.807, 2.05) is 6.07 Å². The molecular weight excluding hydrogens is 291 g/mol. The minimum atomic E-state index is -4.35. The molecule has 1 aliphatic rings. The van der Waals surface area contributed by atoms with Gasteiger partial charge in [0.2, 0.25) is 0 Å². The average molecular weight is 307 g/mol. The van der Waals surface area contributed by atoms with Gasteiger partial charge in [-0.2, -0.15) is 13.2 Å². The monoisotopic (exact) mass is 307 g/mol. The summed E-state index contributed by atoms with van der Waals surface area (Å²) in [6, 6.07) is 11.1. The summed E-state index contributed by atoms with van der Waals surface area (Å²) in [7, 11) is 0. The predicted octanol–water partition coefficient (Wildman–Crippen LogP) is 3.93. The fourth-order valence-corrected chi connectivity index (χ4v) is 2.55. The SMILES string of the molecule is FC(F)(F)c1cccc(OCc2ccc3c(c2)CNCC3)c1. The van der Waals surface area contributed by atoms with Gasteiger partial charge in [-0.1, -0.05) is 24.3 Å². The molecule has 0 saturated heterocycles. The van der Waals surface area contributed by atoms with Gasteiger partial charge in [0, 0.05) is 6.54 Å². The Balaban J connectivity index is 1.70. The lowest BCUT2D eigenvalue weighted by Crippen LogP contribution is -2.23. The Morgan fingerprint density at radius 2 is 1.91 bits per heavy atom. The minimum absolute atomic E-state index is 0.227. The Bertz CT molecular complexity index is 667. The highest BCUT2D eigenvalue weighted by molar-refractivity contribution is 5.34. The first-order valence-corrected chi connectivity index (χ1v) is 7.14. The molecule has 5 heteroatoms. The maximum atomic E-state index is 12.7. The Kier molecular flexibility index (Phi) is 4.07. The molecule has 3 rings (SSSR count). The number of hydrogen-bond acceptors (Lipinski definition) is 2. The van der Waals surface area contributed by atoms with Crippen molar-refractivity contribution >= 4 is 0 Å². The van der Waals surface area contributed by atoms with Crippen molar-refractivity contribution in [1.82, 2.24) is 5.32 Å². The van der Waals surface area contributed by atoms with Crippen LogP contribution in [0.25, 0.3) is 0 Å². The molecular formula is C17H16F3NO. The van der Waals surface area contributed by atoms with Crippen LogP contribution >= 0.6 is 0 Å². The van der Waals surface area contributed by atoms with E-state index in [1.54, 1.807) is 0 Å². The topological polar surface area (TPSA) is 21.3 Å². The summed E-state index contributed by atoms with van der Waals surface area (Å²) in [5.74, 6) is 0.227. The van der Waals surface area contributed by atoms with Crippen LogP contribution in [-0.4, -0.2) is 6.54 Å². The lowest BCUT2D eigenvalue weighted by atomic mass is 9.99. The fraction of sp³-hybridized carbons (Fsp3) is 0.294. The average Bonchev–Trinajstić information content (AvgIpc) is 2.52. The zero-order valence-corrected chi connectivity index (χ0v) is 11.9. The molecule has 0 radical (unpaired) electrons. The third-order valence-electron chi connectivity index (χ3n) is 3.72. The maximum Gasteiger partial charge on any atom is 0.416 e. The van der Waals surface area contributed by atoms with Crippen LogP contribution in [0.3, 0.4) is 0 Å². The second kappa shape index (κ2) is 6.01. The van der Waals surface area contributed by atoms with Crippen LogP contribution in [0.2, 0.25) is 0 Å². The van der Waals surface area contributed by atoms with Crippen molar-refractivity contribution in [3.8, 4) is 5.75 Å². The van der Waals surface area contributed by atoms with Gasteiger partial charge in [-0.3, -0.25) is 0 Å². The number of ether oxygens (including phenoxy) is 1. The first-order chi connectivity index (χ1) is 10.5. The van der Waals surface area contributed by atoms with E-state index in [0.29, 0.717) is 0 Å². The van der Waals surface area contributed by atoms with Gasteiger partial charge in [0.25, 0.3) is 0 Å². The van der Waals surface area contributed by atoms with Crippen molar-refractivity contribution in [3.05, 3.63) is 64.7 Å². The number of benzene rings is 2. The molecule has 0 bridgehead atoms. The normalized spacial score (nSPS) is 14.5. The van der Waals surface area contributed by atoms with E-state index in [-0.39, 0.29) is 12.4 Å². The van der Waals surface area contributed by atoms with Crippen molar-refractivity contribution in [3.63, 3.8) is 0 Å². The van der Waals surface area contributed by atoms with Crippen LogP contribution in [0.1, 0.15) is 22.3 Å². The quantitative estimate of drug-likeness (QED) is 0.927. The molecule has 1 N–H and O–H groups in total. The van der Waals surface area contributed by atoms with E-state index >= 15 is 0 Å². The van der Waals surface area contributed by atoms with Gasteiger partial charge >= 0.3 is 6.18 Å². The summed E-state index contributed by atoms with van der Waals surface area (Å²) in [6.45, 7) is 2.06. The second-order valence-electron chi connectivity index (χ2n) is 5.34. The zero-order valence-electron chi connectivity index (χ0n) is 11.9. The van der Waals surface area contributed by atoms with Crippen LogP contribution < -0.4 is 10.1 Å². The molecule has 2 aromatic carbocycles. The van der Waals surface area contributed by atoms with Crippen molar-refractivity contribution < 1.29 is 17.9 Å². The van der Waals surface area contributed by atoms with Crippen LogP contribution in [0, 0.1) is 0 Å². The van der Waals surface area contributed by atoms with E-state index < -0.39 is 11.7 Å². The minimum Gasteiger partial charge on any atom is -0.489 e. The lowest BCUT2D eigenvalue weighted by Gasteiger charge is -2.18. The number of alkyl halides is 3. The molecule has 22 heavy (non-hydrogen) atoms. The molecule has 0 spiro atoms. The predicted molar refractivity (Wildman–Crippen MR) is 77.6 cm³/mol. The van der Waals surface area contributed by atoms with Crippen LogP contribution in [0.5, 0.6) is 5.75 Å². The van der Waals surface area contributed by atoms with Gasteiger partial charge < -0.3 is 10.1 Å². The number of hydrogen-bond donors (Lipinski definition) is 1. The Labute approximate surface area is 126 Å². The molecule has 0 fully saturated rings. The van der Waals surface area contributed by atoms with Crippen LogP contribution in [-0.2, 0) is 25.7 Å². The van der Waals surface area contributed by atoms with Crippen LogP contribution in [0.4, 0.5) is 13.2 Å². The third kappa shape index (κ3) is 3.42. The highest BCUT2D eigenvalue weighted by atomic mass is 19.4. The van der Waals surface area contributed by atoms with E-state index in [9.17, 15) is 13.2 Å². The summed E-state index contributed by atoms with van der Waals surface area (Å²) in [4.78, 5) is 0. The van der Waals surface area contributed by atoms with E-state index in [4.69, 9.17) is 4.74 Å². The summed E-state index contributed by atoms with van der Waals surface area (Å²) >= 11 is 0. The van der Waals surface area contributed by atoms with Gasteiger partial charge in [-0.15, -0.1) is 0 Å². The van der Waals surface area contributed by atoms with Gasteiger partial charge in [-0.05, 0) is 47.9 Å². The van der Waals surface area contributed by atoms with Gasteiger partial charge in [0.1, 0.15) is 12.4 Å². The molecule has 0 aliphatic carbocycles. The smallest absolute Gasteiger partial charge is 0.416 e. The summed E-state index contributed by atoms with van der Waals surface area (Å²) in [5.41, 5.74) is 2.82. The van der Waals surface area contributed by atoms with E-state index in [1.165, 1.54) is 23.3 Å². The van der Waals surface area contributed by atoms with Crippen molar-refractivity contribution in [2.75, 3.05) is 6.54 Å². The highest BCUT2D eigenvalue weighted by Gasteiger charge is 2.30. The molecule has 0 saturated carbocycles. The van der Waals surface area contributed by atoms with Crippen molar-refractivity contribution in [2.45, 2.75) is 25.7 Å². The third-order valence-corrected chi connectivity index (χ3v) is 3.72. The van der Waals surface area contributed by atoms with Gasteiger partial charge in [0.15, 0.2) is 0 Å². The Hall–Kier alpha value is -2.01. The largest absolute Gasteiger partial charge is 0.489 e. The van der Waals surface area contributed by atoms with E-state index in [2.05, 4.69) is 17.4 Å². The zero-order chi connectivity index (χ0) is 15.6. The van der Waals surface area contributed by atoms with Gasteiger partial charge in [-0.25, -0.2) is 0 Å². The number of fused-ring (bicyclic) bond motifs is 1. The van der Waals surface area contributed by atoms with Gasteiger partial charge in [0.05, 0.1) is 5.56 Å². The molecule has 2 nitrogen and oxygen atoms in total. The molecule has 116 valence electrons. The fourth-order valence-electron chi connectivity index (χ4n) is 2.55. The lowest BCUT2D eigenvalue weighted by molar-refractivity contribution is -0.137. The number of rotatable bonds is 3. The standard InChI is InChI=1S/C17H16F3NO/c18-17(19,20)15-2-1-3-16(9-15)22-11-12-4-5-13-6-7-21-10-14(13)8-12/h1-5,8-9,21H,6-7,10-11H2. The molecule has 0 atom stereocenters. The molecule has 2 aromatic rings. The molecule has 1 heterocycles. The number of nitrogens with one attached hydrogen (secondary N) is 1. The highest BCUT2D eigenvalue weighted by Crippen LogP contribution is 2.31.